The molecule has 1 heterocycles. The average molecular weight is 324 g/mol. The number of nitrogens with one attached hydrogen (secondary N) is 1. The molecule has 0 unspecified atom stereocenters. The summed E-state index contributed by atoms with van der Waals surface area (Å²) in [6, 6.07) is 12.1. The molecule has 4 heteroatoms. The van der Waals surface area contributed by atoms with Crippen LogP contribution < -0.4 is 5.32 Å². The Balaban J connectivity index is 1.86. The van der Waals surface area contributed by atoms with E-state index in [0.29, 0.717) is 0 Å². The molecule has 102 valence electrons. The minimum Gasteiger partial charge on any atom is -0.460 e. The molecule has 1 aromatic carbocycles. The van der Waals surface area contributed by atoms with Gasteiger partial charge in [0.25, 0.3) is 0 Å². The van der Waals surface area contributed by atoms with Gasteiger partial charge in [-0.05, 0) is 43.7 Å². The first-order valence-electron chi connectivity index (χ1n) is 6.46. The van der Waals surface area contributed by atoms with Crippen molar-refractivity contribution in [1.29, 1.82) is 0 Å². The number of halogens is 1. The normalized spacial score (nSPS) is 10.8. The summed E-state index contributed by atoms with van der Waals surface area (Å²) in [4.78, 5) is 0. The van der Waals surface area contributed by atoms with Crippen LogP contribution in [0.4, 0.5) is 0 Å². The average Bonchev–Trinajstić information content (AvgIpc) is 2.88. The number of furan rings is 1. The van der Waals surface area contributed by atoms with Crippen LogP contribution in [0.5, 0.6) is 0 Å². The maximum Gasteiger partial charge on any atom is 0.134 e. The molecule has 0 aliphatic heterocycles. The molecule has 0 spiro atoms. The summed E-state index contributed by atoms with van der Waals surface area (Å²) >= 11 is 3.42. The van der Waals surface area contributed by atoms with Gasteiger partial charge in [0.2, 0.25) is 0 Å². The van der Waals surface area contributed by atoms with E-state index in [4.69, 9.17) is 9.52 Å². The minimum atomic E-state index is 0.260. The molecular weight excluding hydrogens is 306 g/mol. The third-order valence-corrected chi connectivity index (χ3v) is 3.38. The lowest BCUT2D eigenvalue weighted by Gasteiger charge is -2.01. The van der Waals surface area contributed by atoms with Gasteiger partial charge in [0.05, 0.1) is 6.54 Å². The monoisotopic (exact) mass is 323 g/mol. The number of aliphatic hydroxyl groups is 1. The van der Waals surface area contributed by atoms with Crippen molar-refractivity contribution in [3.05, 3.63) is 46.6 Å². The van der Waals surface area contributed by atoms with Crippen LogP contribution in [0, 0.1) is 0 Å². The fourth-order valence-electron chi connectivity index (χ4n) is 1.82. The number of hydrogen-bond acceptors (Lipinski definition) is 3. The van der Waals surface area contributed by atoms with Crippen LogP contribution in [0.2, 0.25) is 0 Å². The van der Waals surface area contributed by atoms with Gasteiger partial charge in [-0.25, -0.2) is 0 Å². The van der Waals surface area contributed by atoms with E-state index < -0.39 is 0 Å². The molecule has 2 N–H and O–H groups in total. The van der Waals surface area contributed by atoms with Crippen LogP contribution in [0.25, 0.3) is 11.3 Å². The first-order chi connectivity index (χ1) is 9.29. The van der Waals surface area contributed by atoms with Crippen molar-refractivity contribution in [3.8, 4) is 11.3 Å². The predicted octanol–water partition coefficient (Wildman–Crippen LogP) is 3.57. The maximum atomic E-state index is 8.68. The Bertz CT molecular complexity index is 493. The van der Waals surface area contributed by atoms with Gasteiger partial charge < -0.3 is 14.8 Å². The van der Waals surface area contributed by atoms with Gasteiger partial charge in [-0.2, -0.15) is 0 Å². The van der Waals surface area contributed by atoms with E-state index in [-0.39, 0.29) is 6.61 Å². The van der Waals surface area contributed by atoms with Crippen molar-refractivity contribution in [2.24, 2.45) is 0 Å². The molecule has 0 radical (unpaired) electrons. The summed E-state index contributed by atoms with van der Waals surface area (Å²) in [5.41, 5.74) is 1.08. The lowest BCUT2D eigenvalue weighted by Crippen LogP contribution is -2.14. The smallest absolute Gasteiger partial charge is 0.134 e. The summed E-state index contributed by atoms with van der Waals surface area (Å²) in [6.45, 7) is 1.88. The molecule has 0 bridgehead atoms. The largest absolute Gasteiger partial charge is 0.460 e. The molecule has 0 aliphatic rings. The summed E-state index contributed by atoms with van der Waals surface area (Å²) < 4.78 is 6.85. The van der Waals surface area contributed by atoms with Crippen molar-refractivity contribution >= 4 is 15.9 Å². The molecule has 19 heavy (non-hydrogen) atoms. The van der Waals surface area contributed by atoms with Gasteiger partial charge in [-0.3, -0.25) is 0 Å². The first kappa shape index (κ1) is 14.3. The zero-order valence-corrected chi connectivity index (χ0v) is 12.3. The number of rotatable bonds is 7. The lowest BCUT2D eigenvalue weighted by molar-refractivity contribution is 0.283. The second-order valence-electron chi connectivity index (χ2n) is 4.38. The molecule has 0 fully saturated rings. The Morgan fingerprint density at radius 2 is 1.84 bits per heavy atom. The zero-order chi connectivity index (χ0) is 13.5. The molecule has 3 nitrogen and oxygen atoms in total. The Labute approximate surface area is 121 Å². The van der Waals surface area contributed by atoms with Gasteiger partial charge >= 0.3 is 0 Å². The molecule has 2 aromatic rings. The summed E-state index contributed by atoms with van der Waals surface area (Å²) in [6.07, 6.45) is 1.83. The van der Waals surface area contributed by atoms with Crippen LogP contribution >= 0.6 is 15.9 Å². The van der Waals surface area contributed by atoms with E-state index in [0.717, 1.165) is 47.5 Å². The molecule has 0 atom stereocenters. The molecule has 2 rings (SSSR count). The van der Waals surface area contributed by atoms with Gasteiger partial charge in [0, 0.05) is 16.6 Å². The van der Waals surface area contributed by atoms with E-state index in [1.807, 2.05) is 36.4 Å². The highest BCUT2D eigenvalue weighted by molar-refractivity contribution is 9.10. The van der Waals surface area contributed by atoms with E-state index in [2.05, 4.69) is 21.2 Å². The first-order valence-corrected chi connectivity index (χ1v) is 7.25. The number of aliphatic hydroxyl groups excluding tert-OH is 1. The Morgan fingerprint density at radius 1 is 1.05 bits per heavy atom. The third kappa shape index (κ3) is 4.49. The summed E-state index contributed by atoms with van der Waals surface area (Å²) in [5.74, 6) is 1.82. The molecule has 0 aliphatic carbocycles. The van der Waals surface area contributed by atoms with Crippen LogP contribution in [0.3, 0.4) is 0 Å². The fourth-order valence-corrected chi connectivity index (χ4v) is 2.08. The highest BCUT2D eigenvalue weighted by Gasteiger charge is 2.04. The number of hydrogen-bond donors (Lipinski definition) is 2. The Hall–Kier alpha value is -1.10. The van der Waals surface area contributed by atoms with Crippen molar-refractivity contribution in [3.63, 3.8) is 0 Å². The molecule has 0 saturated carbocycles. The van der Waals surface area contributed by atoms with Gasteiger partial charge in [0.1, 0.15) is 11.5 Å². The Morgan fingerprint density at radius 3 is 2.58 bits per heavy atom. The van der Waals surface area contributed by atoms with Crippen molar-refractivity contribution in [2.45, 2.75) is 19.4 Å². The van der Waals surface area contributed by atoms with E-state index in [1.54, 1.807) is 0 Å². The minimum absolute atomic E-state index is 0.260. The molecule has 0 saturated heterocycles. The zero-order valence-electron chi connectivity index (χ0n) is 10.7. The second kappa shape index (κ2) is 7.48. The van der Waals surface area contributed by atoms with E-state index in [1.165, 1.54) is 0 Å². The summed E-state index contributed by atoms with van der Waals surface area (Å²) in [7, 11) is 0. The van der Waals surface area contributed by atoms with Crippen LogP contribution in [-0.2, 0) is 6.54 Å². The van der Waals surface area contributed by atoms with Gasteiger partial charge in [-0.1, -0.05) is 28.1 Å². The number of benzene rings is 1. The lowest BCUT2D eigenvalue weighted by atomic mass is 10.2. The highest BCUT2D eigenvalue weighted by atomic mass is 79.9. The fraction of sp³-hybridized carbons (Fsp3) is 0.333. The van der Waals surface area contributed by atoms with Crippen LogP contribution in [0.15, 0.2) is 45.3 Å². The molecule has 0 amide bonds. The second-order valence-corrected chi connectivity index (χ2v) is 5.30. The van der Waals surface area contributed by atoms with Crippen LogP contribution in [0.1, 0.15) is 18.6 Å². The standard InChI is InChI=1S/C15H18BrNO2/c16-13-5-3-12(4-6-13)15-8-7-14(19-15)11-17-9-1-2-10-18/h3-8,17-18H,1-2,9-11H2. The Kier molecular flexibility index (Phi) is 5.63. The van der Waals surface area contributed by atoms with E-state index >= 15 is 0 Å². The maximum absolute atomic E-state index is 8.68. The van der Waals surface area contributed by atoms with Crippen molar-refractivity contribution in [1.82, 2.24) is 5.32 Å². The third-order valence-electron chi connectivity index (χ3n) is 2.85. The topological polar surface area (TPSA) is 45.4 Å². The van der Waals surface area contributed by atoms with Gasteiger partial charge in [0.15, 0.2) is 0 Å². The SMILES string of the molecule is OCCCCNCc1ccc(-c2ccc(Br)cc2)o1. The van der Waals surface area contributed by atoms with Crippen LogP contribution in [-0.4, -0.2) is 18.3 Å². The quantitative estimate of drug-likeness (QED) is 0.766. The number of unbranched alkanes of at least 4 members (excludes halogenated alkanes) is 1. The summed E-state index contributed by atoms with van der Waals surface area (Å²) in [5, 5.41) is 12.0. The molecule has 1 aromatic heterocycles. The predicted molar refractivity (Wildman–Crippen MR) is 79.9 cm³/mol. The van der Waals surface area contributed by atoms with Crippen molar-refractivity contribution < 1.29 is 9.52 Å². The van der Waals surface area contributed by atoms with E-state index in [9.17, 15) is 0 Å². The van der Waals surface area contributed by atoms with Crippen molar-refractivity contribution in [2.75, 3.05) is 13.2 Å². The highest BCUT2D eigenvalue weighted by Crippen LogP contribution is 2.23. The van der Waals surface area contributed by atoms with Gasteiger partial charge in [-0.15, -0.1) is 0 Å². The molecular formula is C15H18BrNO2.